The van der Waals surface area contributed by atoms with E-state index in [4.69, 9.17) is 11.6 Å². The number of halogens is 1. The Kier molecular flexibility index (Phi) is 4.18. The van der Waals surface area contributed by atoms with Crippen molar-refractivity contribution >= 4 is 11.6 Å². The molecule has 1 aromatic rings. The van der Waals surface area contributed by atoms with E-state index < -0.39 is 0 Å². The van der Waals surface area contributed by atoms with E-state index in [2.05, 4.69) is 25.7 Å². The second kappa shape index (κ2) is 5.18. The van der Waals surface area contributed by atoms with Crippen LogP contribution < -0.4 is 5.32 Å². The Labute approximate surface area is 90.8 Å². The zero-order chi connectivity index (χ0) is 10.6. The second-order valence-electron chi connectivity index (χ2n) is 3.46. The van der Waals surface area contributed by atoms with Gasteiger partial charge in [0.1, 0.15) is 0 Å². The molecule has 0 fully saturated rings. The summed E-state index contributed by atoms with van der Waals surface area (Å²) in [6, 6.07) is 8.54. The SMILES string of the molecule is C=CC(C)N[C@@H](C)c1ccc(Cl)cc1. The molecule has 1 N–H and O–H groups in total. The molecule has 0 radical (unpaired) electrons. The van der Waals surface area contributed by atoms with E-state index >= 15 is 0 Å². The van der Waals surface area contributed by atoms with Crippen molar-refractivity contribution in [2.45, 2.75) is 25.9 Å². The summed E-state index contributed by atoms with van der Waals surface area (Å²) < 4.78 is 0. The van der Waals surface area contributed by atoms with Crippen molar-refractivity contribution in [1.29, 1.82) is 0 Å². The van der Waals surface area contributed by atoms with Gasteiger partial charge in [0, 0.05) is 17.1 Å². The molecule has 0 aliphatic rings. The third-order valence-electron chi connectivity index (χ3n) is 2.24. The molecular weight excluding hydrogens is 194 g/mol. The van der Waals surface area contributed by atoms with E-state index in [1.807, 2.05) is 30.3 Å². The lowest BCUT2D eigenvalue weighted by molar-refractivity contribution is 0.537. The molecule has 1 nitrogen and oxygen atoms in total. The molecule has 0 aliphatic heterocycles. The van der Waals surface area contributed by atoms with Crippen molar-refractivity contribution in [3.8, 4) is 0 Å². The summed E-state index contributed by atoms with van der Waals surface area (Å²) in [5.41, 5.74) is 1.24. The van der Waals surface area contributed by atoms with Gasteiger partial charge in [0.15, 0.2) is 0 Å². The Hall–Kier alpha value is -0.790. The van der Waals surface area contributed by atoms with E-state index in [1.165, 1.54) is 5.56 Å². The smallest absolute Gasteiger partial charge is 0.0406 e. The summed E-state index contributed by atoms with van der Waals surface area (Å²) in [5, 5.41) is 4.18. The summed E-state index contributed by atoms with van der Waals surface area (Å²) in [4.78, 5) is 0. The van der Waals surface area contributed by atoms with Crippen LogP contribution in [0.5, 0.6) is 0 Å². The first-order valence-corrected chi connectivity index (χ1v) is 5.15. The van der Waals surface area contributed by atoms with Crippen LogP contribution >= 0.6 is 11.6 Å². The standard InChI is InChI=1S/C12H16ClN/c1-4-9(2)14-10(3)11-5-7-12(13)8-6-11/h4-10,14H,1H2,2-3H3/t9?,10-/m0/s1. The molecule has 1 unspecified atom stereocenters. The average molecular weight is 210 g/mol. The number of rotatable bonds is 4. The molecule has 0 amide bonds. The van der Waals surface area contributed by atoms with Gasteiger partial charge < -0.3 is 5.32 Å². The molecule has 2 atom stereocenters. The number of hydrogen-bond donors (Lipinski definition) is 1. The Morgan fingerprint density at radius 1 is 1.29 bits per heavy atom. The molecule has 1 rings (SSSR count). The van der Waals surface area contributed by atoms with Crippen molar-refractivity contribution in [3.63, 3.8) is 0 Å². The van der Waals surface area contributed by atoms with Crippen LogP contribution in [-0.2, 0) is 0 Å². The summed E-state index contributed by atoms with van der Waals surface area (Å²) in [5.74, 6) is 0. The van der Waals surface area contributed by atoms with Gasteiger partial charge in [0.2, 0.25) is 0 Å². The molecule has 0 saturated carbocycles. The molecule has 0 heterocycles. The molecular formula is C12H16ClN. The van der Waals surface area contributed by atoms with Gasteiger partial charge in [-0.05, 0) is 31.5 Å². The summed E-state index contributed by atoms with van der Waals surface area (Å²) >= 11 is 5.81. The quantitative estimate of drug-likeness (QED) is 0.748. The zero-order valence-corrected chi connectivity index (χ0v) is 9.38. The lowest BCUT2D eigenvalue weighted by Crippen LogP contribution is -2.26. The predicted molar refractivity (Wildman–Crippen MR) is 62.7 cm³/mol. The maximum absolute atomic E-state index is 5.81. The lowest BCUT2D eigenvalue weighted by Gasteiger charge is -2.17. The largest absolute Gasteiger partial charge is 0.304 e. The highest BCUT2D eigenvalue weighted by Crippen LogP contribution is 2.16. The van der Waals surface area contributed by atoms with Crippen LogP contribution in [0.25, 0.3) is 0 Å². The topological polar surface area (TPSA) is 12.0 Å². The molecule has 0 aliphatic carbocycles. The Bertz CT molecular complexity index is 292. The molecule has 1 aromatic carbocycles. The minimum Gasteiger partial charge on any atom is -0.304 e. The Morgan fingerprint density at radius 2 is 1.86 bits per heavy atom. The third-order valence-corrected chi connectivity index (χ3v) is 2.49. The monoisotopic (exact) mass is 209 g/mol. The van der Waals surface area contributed by atoms with Crippen LogP contribution in [0.4, 0.5) is 0 Å². The fourth-order valence-corrected chi connectivity index (χ4v) is 1.44. The molecule has 0 bridgehead atoms. The first-order chi connectivity index (χ1) is 6.63. The highest BCUT2D eigenvalue weighted by molar-refractivity contribution is 6.30. The number of nitrogens with one attached hydrogen (secondary N) is 1. The first kappa shape index (κ1) is 11.3. The molecule has 76 valence electrons. The lowest BCUT2D eigenvalue weighted by atomic mass is 10.1. The van der Waals surface area contributed by atoms with Gasteiger partial charge >= 0.3 is 0 Å². The van der Waals surface area contributed by atoms with Crippen LogP contribution in [0, 0.1) is 0 Å². The van der Waals surface area contributed by atoms with Gasteiger partial charge in [-0.15, -0.1) is 6.58 Å². The maximum Gasteiger partial charge on any atom is 0.0406 e. The Balaban J connectivity index is 2.64. The van der Waals surface area contributed by atoms with Crippen LogP contribution in [-0.4, -0.2) is 6.04 Å². The molecule has 14 heavy (non-hydrogen) atoms. The van der Waals surface area contributed by atoms with Gasteiger partial charge in [0.05, 0.1) is 0 Å². The minimum absolute atomic E-state index is 0.320. The number of hydrogen-bond acceptors (Lipinski definition) is 1. The molecule has 0 saturated heterocycles. The second-order valence-corrected chi connectivity index (χ2v) is 3.90. The first-order valence-electron chi connectivity index (χ1n) is 4.77. The van der Waals surface area contributed by atoms with Gasteiger partial charge in [-0.2, -0.15) is 0 Å². The zero-order valence-electron chi connectivity index (χ0n) is 8.63. The van der Waals surface area contributed by atoms with Gasteiger partial charge in [-0.25, -0.2) is 0 Å². The fraction of sp³-hybridized carbons (Fsp3) is 0.333. The molecule has 0 spiro atoms. The van der Waals surface area contributed by atoms with Gasteiger partial charge in [0.25, 0.3) is 0 Å². The van der Waals surface area contributed by atoms with Crippen molar-refractivity contribution in [3.05, 3.63) is 47.5 Å². The van der Waals surface area contributed by atoms with E-state index in [-0.39, 0.29) is 0 Å². The highest BCUT2D eigenvalue weighted by atomic mass is 35.5. The van der Waals surface area contributed by atoms with Gasteiger partial charge in [-0.1, -0.05) is 29.8 Å². The van der Waals surface area contributed by atoms with Crippen LogP contribution in [0.3, 0.4) is 0 Å². The van der Waals surface area contributed by atoms with E-state index in [9.17, 15) is 0 Å². The normalized spacial score (nSPS) is 14.8. The van der Waals surface area contributed by atoms with E-state index in [1.54, 1.807) is 0 Å². The van der Waals surface area contributed by atoms with Crippen LogP contribution in [0.1, 0.15) is 25.5 Å². The minimum atomic E-state index is 0.320. The van der Waals surface area contributed by atoms with Crippen molar-refractivity contribution < 1.29 is 0 Å². The molecule has 2 heteroatoms. The predicted octanol–water partition coefficient (Wildman–Crippen LogP) is 3.57. The number of benzene rings is 1. The van der Waals surface area contributed by atoms with Crippen molar-refractivity contribution in [2.75, 3.05) is 0 Å². The summed E-state index contributed by atoms with van der Waals surface area (Å²) in [6.45, 7) is 7.95. The Morgan fingerprint density at radius 3 is 2.36 bits per heavy atom. The maximum atomic E-state index is 5.81. The highest BCUT2D eigenvalue weighted by Gasteiger charge is 2.06. The van der Waals surface area contributed by atoms with E-state index in [0.29, 0.717) is 12.1 Å². The van der Waals surface area contributed by atoms with E-state index in [0.717, 1.165) is 5.02 Å². The van der Waals surface area contributed by atoms with Gasteiger partial charge in [-0.3, -0.25) is 0 Å². The summed E-state index contributed by atoms with van der Waals surface area (Å²) in [7, 11) is 0. The summed E-state index contributed by atoms with van der Waals surface area (Å²) in [6.07, 6.45) is 1.90. The van der Waals surface area contributed by atoms with Crippen LogP contribution in [0.2, 0.25) is 5.02 Å². The third kappa shape index (κ3) is 3.17. The average Bonchev–Trinajstić information content (AvgIpc) is 2.18. The fourth-order valence-electron chi connectivity index (χ4n) is 1.31. The van der Waals surface area contributed by atoms with Crippen molar-refractivity contribution in [2.24, 2.45) is 0 Å². The molecule has 0 aromatic heterocycles. The van der Waals surface area contributed by atoms with Crippen LogP contribution in [0.15, 0.2) is 36.9 Å². The van der Waals surface area contributed by atoms with Crippen molar-refractivity contribution in [1.82, 2.24) is 5.32 Å².